The molecule has 0 amide bonds. The zero-order valence-electron chi connectivity index (χ0n) is 12.7. The Bertz CT molecular complexity index is 639. The second-order valence-electron chi connectivity index (χ2n) is 5.85. The minimum atomic E-state index is -0.537. The highest BCUT2D eigenvalue weighted by molar-refractivity contribution is 5.22. The zero-order chi connectivity index (χ0) is 15.5. The highest BCUT2D eigenvalue weighted by atomic mass is 19.1. The summed E-state index contributed by atoms with van der Waals surface area (Å²) in [5.41, 5.74) is 0.531. The van der Waals surface area contributed by atoms with Gasteiger partial charge in [-0.2, -0.15) is 0 Å². The van der Waals surface area contributed by atoms with Crippen LogP contribution < -0.4 is 5.32 Å². The van der Waals surface area contributed by atoms with E-state index in [2.05, 4.69) is 14.9 Å². The zero-order valence-corrected chi connectivity index (χ0v) is 12.7. The molecule has 0 saturated carbocycles. The van der Waals surface area contributed by atoms with E-state index < -0.39 is 11.6 Å². The summed E-state index contributed by atoms with van der Waals surface area (Å²) in [4.78, 5) is 4.44. The van der Waals surface area contributed by atoms with E-state index in [1.165, 1.54) is 12.1 Å². The van der Waals surface area contributed by atoms with Gasteiger partial charge in [-0.05, 0) is 25.3 Å². The van der Waals surface area contributed by atoms with Crippen LogP contribution in [0.2, 0.25) is 0 Å². The Morgan fingerprint density at radius 2 is 2.27 bits per heavy atom. The quantitative estimate of drug-likeness (QED) is 0.911. The van der Waals surface area contributed by atoms with E-state index in [4.69, 9.17) is 0 Å². The third kappa shape index (κ3) is 3.04. The maximum absolute atomic E-state index is 13.9. The molecule has 22 heavy (non-hydrogen) atoms. The topological polar surface area (TPSA) is 29.9 Å². The van der Waals surface area contributed by atoms with Crippen LogP contribution in [0.3, 0.4) is 0 Å². The minimum Gasteiger partial charge on any atom is -0.335 e. The van der Waals surface area contributed by atoms with Gasteiger partial charge in [0.1, 0.15) is 17.5 Å². The standard InChI is InChI=1S/C17H21F2N3/c1-2-16(14-6-5-13(18)10-15(14)19)21-11-12-4-3-8-22-9-7-20-17(12)22/h5-7,9-10,12,16,21H,2-4,8,11H2,1H3/t12-,16-/m1/s1. The number of halogens is 2. The number of hydrogen-bond donors (Lipinski definition) is 1. The van der Waals surface area contributed by atoms with Gasteiger partial charge in [-0.15, -0.1) is 0 Å². The third-order valence-electron chi connectivity index (χ3n) is 4.42. The predicted molar refractivity (Wildman–Crippen MR) is 81.6 cm³/mol. The molecule has 2 heterocycles. The fourth-order valence-corrected chi connectivity index (χ4v) is 3.24. The normalized spacial score (nSPS) is 19.0. The molecule has 1 aromatic carbocycles. The molecule has 1 N–H and O–H groups in total. The molecule has 1 aliphatic rings. The highest BCUT2D eigenvalue weighted by Crippen LogP contribution is 2.27. The lowest BCUT2D eigenvalue weighted by atomic mass is 9.97. The van der Waals surface area contributed by atoms with Crippen LogP contribution in [0.5, 0.6) is 0 Å². The average Bonchev–Trinajstić information content (AvgIpc) is 2.98. The molecule has 0 aliphatic carbocycles. The summed E-state index contributed by atoms with van der Waals surface area (Å²) in [7, 11) is 0. The largest absolute Gasteiger partial charge is 0.335 e. The molecule has 2 atom stereocenters. The Balaban J connectivity index is 1.70. The van der Waals surface area contributed by atoms with Crippen molar-refractivity contribution in [3.05, 3.63) is 53.6 Å². The lowest BCUT2D eigenvalue weighted by molar-refractivity contribution is 0.393. The van der Waals surface area contributed by atoms with Gasteiger partial charge in [0.15, 0.2) is 0 Å². The molecule has 3 rings (SSSR count). The van der Waals surface area contributed by atoms with Crippen LogP contribution >= 0.6 is 0 Å². The number of hydrogen-bond acceptors (Lipinski definition) is 2. The number of aromatic nitrogens is 2. The number of rotatable bonds is 5. The van der Waals surface area contributed by atoms with E-state index in [0.29, 0.717) is 11.5 Å². The molecule has 0 fully saturated rings. The Morgan fingerprint density at radius 3 is 3.05 bits per heavy atom. The Hall–Kier alpha value is -1.75. The molecule has 0 unspecified atom stereocenters. The number of imidazole rings is 1. The van der Waals surface area contributed by atoms with Gasteiger partial charge in [-0.1, -0.05) is 13.0 Å². The summed E-state index contributed by atoms with van der Waals surface area (Å²) < 4.78 is 29.2. The van der Waals surface area contributed by atoms with Crippen LogP contribution in [0.25, 0.3) is 0 Å². The monoisotopic (exact) mass is 305 g/mol. The first-order valence-corrected chi connectivity index (χ1v) is 7.88. The van der Waals surface area contributed by atoms with E-state index in [0.717, 1.165) is 44.2 Å². The van der Waals surface area contributed by atoms with Crippen LogP contribution in [0.4, 0.5) is 8.78 Å². The first-order valence-electron chi connectivity index (χ1n) is 7.88. The van der Waals surface area contributed by atoms with E-state index in [-0.39, 0.29) is 6.04 Å². The molecule has 2 aromatic rings. The van der Waals surface area contributed by atoms with Crippen LogP contribution in [0, 0.1) is 11.6 Å². The summed E-state index contributed by atoms with van der Waals surface area (Å²) in [6, 6.07) is 3.70. The van der Waals surface area contributed by atoms with Crippen LogP contribution in [0.1, 0.15) is 49.5 Å². The SMILES string of the molecule is CC[C@@H](NC[C@H]1CCCn2ccnc21)c1ccc(F)cc1F. The first kappa shape index (κ1) is 15.2. The van der Waals surface area contributed by atoms with Gasteiger partial charge in [0.25, 0.3) is 0 Å². The predicted octanol–water partition coefficient (Wildman–Crippen LogP) is 3.78. The van der Waals surface area contributed by atoms with E-state index >= 15 is 0 Å². The lowest BCUT2D eigenvalue weighted by Crippen LogP contribution is -2.30. The van der Waals surface area contributed by atoms with Crippen LogP contribution in [-0.2, 0) is 6.54 Å². The van der Waals surface area contributed by atoms with Crippen molar-refractivity contribution in [2.24, 2.45) is 0 Å². The highest BCUT2D eigenvalue weighted by Gasteiger charge is 2.23. The minimum absolute atomic E-state index is 0.106. The van der Waals surface area contributed by atoms with Gasteiger partial charge < -0.3 is 9.88 Å². The summed E-state index contributed by atoms with van der Waals surface area (Å²) in [6.07, 6.45) is 6.83. The molecular weight excluding hydrogens is 284 g/mol. The summed E-state index contributed by atoms with van der Waals surface area (Å²) in [6.45, 7) is 3.78. The Labute approximate surface area is 129 Å². The Kier molecular flexibility index (Phi) is 4.52. The van der Waals surface area contributed by atoms with Gasteiger partial charge >= 0.3 is 0 Å². The van der Waals surface area contributed by atoms with Crippen molar-refractivity contribution in [2.75, 3.05) is 6.54 Å². The maximum atomic E-state index is 13.9. The number of nitrogens with zero attached hydrogens (tertiary/aromatic N) is 2. The third-order valence-corrected chi connectivity index (χ3v) is 4.42. The fraction of sp³-hybridized carbons (Fsp3) is 0.471. The Morgan fingerprint density at radius 1 is 1.41 bits per heavy atom. The molecule has 0 saturated heterocycles. The van der Waals surface area contributed by atoms with Gasteiger partial charge in [0.05, 0.1) is 0 Å². The van der Waals surface area contributed by atoms with Crippen LogP contribution in [-0.4, -0.2) is 16.1 Å². The van der Waals surface area contributed by atoms with Crippen molar-refractivity contribution in [2.45, 2.75) is 44.7 Å². The molecule has 118 valence electrons. The van der Waals surface area contributed by atoms with Crippen molar-refractivity contribution in [3.8, 4) is 0 Å². The second kappa shape index (κ2) is 6.57. The summed E-state index contributed by atoms with van der Waals surface area (Å²) >= 11 is 0. The van der Waals surface area contributed by atoms with E-state index in [1.807, 2.05) is 19.3 Å². The molecule has 1 aromatic heterocycles. The first-order chi connectivity index (χ1) is 10.7. The molecular formula is C17H21F2N3. The van der Waals surface area contributed by atoms with Gasteiger partial charge in [-0.25, -0.2) is 13.8 Å². The van der Waals surface area contributed by atoms with Crippen molar-refractivity contribution < 1.29 is 8.78 Å². The lowest BCUT2D eigenvalue weighted by Gasteiger charge is -2.26. The molecule has 1 aliphatic heterocycles. The van der Waals surface area contributed by atoms with Gasteiger partial charge in [0, 0.05) is 49.1 Å². The summed E-state index contributed by atoms with van der Waals surface area (Å²) in [5, 5.41) is 3.43. The number of benzene rings is 1. The number of nitrogens with one attached hydrogen (secondary N) is 1. The molecule has 3 nitrogen and oxygen atoms in total. The smallest absolute Gasteiger partial charge is 0.130 e. The van der Waals surface area contributed by atoms with Crippen molar-refractivity contribution >= 4 is 0 Å². The molecule has 5 heteroatoms. The molecule has 0 spiro atoms. The maximum Gasteiger partial charge on any atom is 0.130 e. The second-order valence-corrected chi connectivity index (χ2v) is 5.85. The number of fused-ring (bicyclic) bond motifs is 1. The van der Waals surface area contributed by atoms with Crippen molar-refractivity contribution in [3.63, 3.8) is 0 Å². The van der Waals surface area contributed by atoms with Gasteiger partial charge in [-0.3, -0.25) is 0 Å². The fourth-order valence-electron chi connectivity index (χ4n) is 3.24. The summed E-state index contributed by atoms with van der Waals surface area (Å²) in [5.74, 6) is 0.435. The molecule has 0 radical (unpaired) electrons. The average molecular weight is 305 g/mol. The van der Waals surface area contributed by atoms with E-state index in [9.17, 15) is 8.78 Å². The number of aryl methyl sites for hydroxylation is 1. The van der Waals surface area contributed by atoms with Crippen LogP contribution in [0.15, 0.2) is 30.6 Å². The van der Waals surface area contributed by atoms with Crippen molar-refractivity contribution in [1.82, 2.24) is 14.9 Å². The van der Waals surface area contributed by atoms with Gasteiger partial charge in [0.2, 0.25) is 0 Å². The molecule has 0 bridgehead atoms. The van der Waals surface area contributed by atoms with Crippen molar-refractivity contribution in [1.29, 1.82) is 0 Å². The van der Waals surface area contributed by atoms with E-state index in [1.54, 1.807) is 0 Å².